The Morgan fingerprint density at radius 1 is 1.23 bits per heavy atom. The number of rotatable bonds is 4. The molecule has 0 aromatic heterocycles. The maximum absolute atomic E-state index is 12.2. The summed E-state index contributed by atoms with van der Waals surface area (Å²) >= 11 is 0. The Bertz CT molecular complexity index is 464. The van der Waals surface area contributed by atoms with Gasteiger partial charge in [0, 0.05) is 31.7 Å². The van der Waals surface area contributed by atoms with Gasteiger partial charge in [0.05, 0.1) is 0 Å². The highest BCUT2D eigenvalue weighted by molar-refractivity contribution is 7.90. The highest BCUT2D eigenvalue weighted by atomic mass is 35.5. The summed E-state index contributed by atoms with van der Waals surface area (Å²) in [7, 11) is -3.53. The van der Waals surface area contributed by atoms with Crippen LogP contribution in [0, 0.1) is 5.92 Å². The van der Waals surface area contributed by atoms with E-state index in [4.69, 9.17) is 0 Å². The van der Waals surface area contributed by atoms with Crippen LogP contribution in [0.2, 0.25) is 0 Å². The van der Waals surface area contributed by atoms with Gasteiger partial charge in [-0.1, -0.05) is 6.92 Å². The molecule has 2 fully saturated rings. The largest absolute Gasteiger partial charge is 0.337 e. The number of hydrogen-bond donors (Lipinski definition) is 2. The lowest BCUT2D eigenvalue weighted by atomic mass is 9.88. The van der Waals surface area contributed by atoms with Crippen molar-refractivity contribution in [3.63, 3.8) is 0 Å². The van der Waals surface area contributed by atoms with Crippen LogP contribution in [0.3, 0.4) is 0 Å². The molecule has 0 spiro atoms. The van der Waals surface area contributed by atoms with Gasteiger partial charge < -0.3 is 10.2 Å². The van der Waals surface area contributed by atoms with Gasteiger partial charge in [0.2, 0.25) is 15.9 Å². The lowest BCUT2D eigenvalue weighted by Crippen LogP contribution is -2.54. The second-order valence-corrected chi connectivity index (χ2v) is 8.23. The van der Waals surface area contributed by atoms with E-state index in [-0.39, 0.29) is 30.4 Å². The predicted octanol–water partition coefficient (Wildman–Crippen LogP) is 0.727. The molecule has 130 valence electrons. The summed E-state index contributed by atoms with van der Waals surface area (Å²) in [6.07, 6.45) is 3.85. The summed E-state index contributed by atoms with van der Waals surface area (Å²) in [6.45, 7) is 6.16. The van der Waals surface area contributed by atoms with Crippen LogP contribution in [0.25, 0.3) is 0 Å². The SMILES string of the molecule is CC1CCC(NS(=O)(=O)CC(=O)N2CCNC[C@@H]2C)CC1.Cl. The molecule has 1 saturated heterocycles. The molecule has 0 aromatic carbocycles. The molecule has 2 N–H and O–H groups in total. The van der Waals surface area contributed by atoms with Crippen molar-refractivity contribution in [3.8, 4) is 0 Å². The molecule has 1 aliphatic carbocycles. The summed E-state index contributed by atoms with van der Waals surface area (Å²) in [6, 6.07) is 0.0522. The number of nitrogens with one attached hydrogen (secondary N) is 2. The number of halogens is 1. The van der Waals surface area contributed by atoms with E-state index in [0.717, 1.165) is 38.8 Å². The number of hydrogen-bond acceptors (Lipinski definition) is 4. The molecule has 6 nitrogen and oxygen atoms in total. The topological polar surface area (TPSA) is 78.5 Å². The van der Waals surface area contributed by atoms with Crippen molar-refractivity contribution >= 4 is 28.3 Å². The highest BCUT2D eigenvalue weighted by Gasteiger charge is 2.29. The van der Waals surface area contributed by atoms with Crippen molar-refractivity contribution in [2.45, 2.75) is 51.6 Å². The summed E-state index contributed by atoms with van der Waals surface area (Å²) in [5.74, 6) is -0.0431. The van der Waals surface area contributed by atoms with Crippen LogP contribution >= 0.6 is 12.4 Å². The minimum atomic E-state index is -3.53. The molecule has 0 bridgehead atoms. The molecule has 1 heterocycles. The van der Waals surface area contributed by atoms with E-state index in [9.17, 15) is 13.2 Å². The van der Waals surface area contributed by atoms with Crippen molar-refractivity contribution < 1.29 is 13.2 Å². The Morgan fingerprint density at radius 2 is 1.86 bits per heavy atom. The summed E-state index contributed by atoms with van der Waals surface area (Å²) in [5.41, 5.74) is 0. The van der Waals surface area contributed by atoms with Crippen LogP contribution in [0.4, 0.5) is 0 Å². The summed E-state index contributed by atoms with van der Waals surface area (Å²) < 4.78 is 27.0. The van der Waals surface area contributed by atoms with Crippen LogP contribution in [0.5, 0.6) is 0 Å². The van der Waals surface area contributed by atoms with Crippen molar-refractivity contribution in [2.24, 2.45) is 5.92 Å². The fourth-order valence-corrected chi connectivity index (χ4v) is 4.45. The van der Waals surface area contributed by atoms with Gasteiger partial charge in [-0.25, -0.2) is 13.1 Å². The van der Waals surface area contributed by atoms with Gasteiger partial charge in [0.1, 0.15) is 5.75 Å². The van der Waals surface area contributed by atoms with E-state index >= 15 is 0 Å². The lowest BCUT2D eigenvalue weighted by molar-refractivity contribution is -0.131. The van der Waals surface area contributed by atoms with Gasteiger partial charge in [-0.2, -0.15) is 0 Å². The molecule has 2 aliphatic rings. The Morgan fingerprint density at radius 3 is 2.45 bits per heavy atom. The first-order valence-corrected chi connectivity index (χ1v) is 9.53. The summed E-state index contributed by atoms with van der Waals surface area (Å²) in [5, 5.41) is 3.19. The van der Waals surface area contributed by atoms with E-state index in [1.165, 1.54) is 0 Å². The number of nitrogens with zero attached hydrogens (tertiary/aromatic N) is 1. The van der Waals surface area contributed by atoms with Crippen LogP contribution < -0.4 is 10.0 Å². The van der Waals surface area contributed by atoms with Crippen molar-refractivity contribution in [1.29, 1.82) is 0 Å². The molecular formula is C14H28ClN3O3S. The zero-order valence-electron chi connectivity index (χ0n) is 13.4. The standard InChI is InChI=1S/C14H27N3O3S.ClH/c1-11-3-5-13(6-4-11)16-21(19,20)10-14(18)17-8-7-15-9-12(17)2;/h11-13,15-16H,3-10H2,1-2H3;1H/t11?,12-,13?;/m0./s1. The van der Waals surface area contributed by atoms with Crippen molar-refractivity contribution in [2.75, 3.05) is 25.4 Å². The average Bonchev–Trinajstić information content (AvgIpc) is 2.41. The first kappa shape index (κ1) is 19.7. The minimum absolute atomic E-state index is 0. The van der Waals surface area contributed by atoms with Crippen molar-refractivity contribution in [3.05, 3.63) is 0 Å². The molecule has 0 unspecified atom stereocenters. The zero-order chi connectivity index (χ0) is 15.5. The monoisotopic (exact) mass is 353 g/mol. The molecule has 1 saturated carbocycles. The minimum Gasteiger partial charge on any atom is -0.337 e. The maximum Gasteiger partial charge on any atom is 0.239 e. The van der Waals surface area contributed by atoms with Gasteiger partial charge in [0.15, 0.2) is 0 Å². The van der Waals surface area contributed by atoms with Crippen LogP contribution in [-0.2, 0) is 14.8 Å². The molecule has 0 radical (unpaired) electrons. The quantitative estimate of drug-likeness (QED) is 0.781. The van der Waals surface area contributed by atoms with Crippen molar-refractivity contribution in [1.82, 2.24) is 14.9 Å². The van der Waals surface area contributed by atoms with Gasteiger partial charge in [-0.15, -0.1) is 12.4 Å². The third-order valence-corrected chi connectivity index (χ3v) is 5.82. The Hall–Kier alpha value is -0.370. The number of piperazine rings is 1. The fraction of sp³-hybridized carbons (Fsp3) is 0.929. The number of carbonyl (C=O) groups is 1. The normalized spacial score (nSPS) is 29.7. The van der Waals surface area contributed by atoms with E-state index in [2.05, 4.69) is 17.0 Å². The van der Waals surface area contributed by atoms with Gasteiger partial charge in [0.25, 0.3) is 0 Å². The molecule has 1 atom stereocenters. The van der Waals surface area contributed by atoms with E-state index in [1.54, 1.807) is 4.90 Å². The molecule has 2 rings (SSSR count). The zero-order valence-corrected chi connectivity index (χ0v) is 15.0. The molecule has 1 aliphatic heterocycles. The Kier molecular flexibility index (Phi) is 7.58. The second kappa shape index (κ2) is 8.47. The third-order valence-electron chi connectivity index (χ3n) is 4.50. The number of sulfonamides is 1. The molecule has 1 amide bonds. The summed E-state index contributed by atoms with van der Waals surface area (Å²) in [4.78, 5) is 13.9. The molecule has 22 heavy (non-hydrogen) atoms. The van der Waals surface area contributed by atoms with Gasteiger partial charge in [-0.05, 0) is 38.5 Å². The second-order valence-electron chi connectivity index (χ2n) is 6.47. The van der Waals surface area contributed by atoms with Gasteiger partial charge in [-0.3, -0.25) is 4.79 Å². The average molecular weight is 354 g/mol. The first-order chi connectivity index (χ1) is 9.87. The number of carbonyl (C=O) groups excluding carboxylic acids is 1. The maximum atomic E-state index is 12.2. The molecule has 0 aromatic rings. The fourth-order valence-electron chi connectivity index (χ4n) is 3.13. The highest BCUT2D eigenvalue weighted by Crippen LogP contribution is 2.23. The van der Waals surface area contributed by atoms with E-state index in [1.807, 2.05) is 6.92 Å². The molecule has 8 heteroatoms. The number of amides is 1. The lowest BCUT2D eigenvalue weighted by Gasteiger charge is -2.34. The van der Waals surface area contributed by atoms with E-state index in [0.29, 0.717) is 12.5 Å². The molecular weight excluding hydrogens is 326 g/mol. The van der Waals surface area contributed by atoms with E-state index < -0.39 is 15.8 Å². The van der Waals surface area contributed by atoms with Gasteiger partial charge >= 0.3 is 0 Å². The third kappa shape index (κ3) is 5.68. The Balaban J connectivity index is 0.00000242. The smallest absolute Gasteiger partial charge is 0.239 e. The first-order valence-electron chi connectivity index (χ1n) is 7.87. The Labute approximate surface area is 139 Å². The van der Waals surface area contributed by atoms with Crippen LogP contribution in [0.15, 0.2) is 0 Å². The van der Waals surface area contributed by atoms with Crippen LogP contribution in [-0.4, -0.2) is 56.7 Å². The van der Waals surface area contributed by atoms with Crippen LogP contribution in [0.1, 0.15) is 39.5 Å². The predicted molar refractivity (Wildman–Crippen MR) is 89.6 cm³/mol.